The van der Waals surface area contributed by atoms with Crippen LogP contribution in [-0.4, -0.2) is 45.4 Å². The topological polar surface area (TPSA) is 179 Å². The third-order valence-corrected chi connectivity index (χ3v) is 5.70. The van der Waals surface area contributed by atoms with Crippen molar-refractivity contribution < 1.29 is 42.2 Å². The molecule has 2 aromatic carbocycles. The van der Waals surface area contributed by atoms with Crippen LogP contribution < -0.4 is 27.0 Å². The molecule has 11 nitrogen and oxygen atoms in total. The third-order valence-electron chi connectivity index (χ3n) is 4.81. The van der Waals surface area contributed by atoms with Gasteiger partial charge in [-0.1, -0.05) is 12.1 Å². The summed E-state index contributed by atoms with van der Waals surface area (Å²) in [6, 6.07) is 5.61. The number of alkyl halides is 3. The number of nitrogens with two attached hydrogens (primary N) is 1. The maximum absolute atomic E-state index is 13.9. The van der Waals surface area contributed by atoms with E-state index in [0.29, 0.717) is 28.6 Å². The van der Waals surface area contributed by atoms with Gasteiger partial charge in [0.1, 0.15) is 11.4 Å². The molecule has 3 aromatic rings. The van der Waals surface area contributed by atoms with Crippen molar-refractivity contribution in [3.8, 4) is 10.4 Å². The maximum atomic E-state index is 13.9. The molecule has 0 saturated heterocycles. The largest absolute Gasteiger partial charge is 0.416 e. The van der Waals surface area contributed by atoms with Crippen LogP contribution in [0.2, 0.25) is 0 Å². The van der Waals surface area contributed by atoms with Gasteiger partial charge in [0, 0.05) is 18.7 Å². The number of rotatable bonds is 8. The number of aliphatic hydroxyl groups excluding tert-OH is 1. The van der Waals surface area contributed by atoms with Crippen LogP contribution in [0.3, 0.4) is 0 Å². The average molecular weight is 556 g/mol. The summed E-state index contributed by atoms with van der Waals surface area (Å²) in [4.78, 5) is 36.5. The molecule has 5 amide bonds. The summed E-state index contributed by atoms with van der Waals surface area (Å²) in [5, 5.41) is 26.7. The van der Waals surface area contributed by atoms with Crippen LogP contribution >= 0.6 is 11.5 Å². The third kappa shape index (κ3) is 7.37. The van der Waals surface area contributed by atoms with E-state index in [1.807, 2.05) is 5.32 Å². The molecule has 16 heteroatoms. The van der Waals surface area contributed by atoms with Gasteiger partial charge in [-0.15, -0.1) is 0 Å². The minimum absolute atomic E-state index is 0.0607. The Morgan fingerprint density at radius 2 is 1.68 bits per heavy atom. The molecule has 1 heterocycles. The van der Waals surface area contributed by atoms with Crippen LogP contribution in [0.25, 0.3) is 10.4 Å². The van der Waals surface area contributed by atoms with Gasteiger partial charge in [-0.05, 0) is 47.4 Å². The number of carbonyl (C=O) groups is 3. The van der Waals surface area contributed by atoms with Gasteiger partial charge < -0.3 is 31.9 Å². The van der Waals surface area contributed by atoms with Crippen LogP contribution in [0.15, 0.2) is 42.5 Å². The highest BCUT2D eigenvalue weighted by molar-refractivity contribution is 7.10. The molecule has 8 N–H and O–H groups in total. The predicted molar refractivity (Wildman–Crippen MR) is 130 cm³/mol. The van der Waals surface area contributed by atoms with Crippen molar-refractivity contribution in [2.24, 2.45) is 5.73 Å². The molecule has 1 aromatic heterocycles. The first-order valence-corrected chi connectivity index (χ1v) is 11.4. The molecule has 0 aliphatic carbocycles. The van der Waals surface area contributed by atoms with Crippen molar-refractivity contribution in [1.29, 1.82) is 0 Å². The number of urea groups is 2. The summed E-state index contributed by atoms with van der Waals surface area (Å²) in [5.74, 6) is -2.07. The van der Waals surface area contributed by atoms with Crippen LogP contribution in [0, 0.1) is 5.82 Å². The molecule has 0 fully saturated rings. The molecular weight excluding hydrogens is 536 g/mol. The number of carbonyl (C=O) groups excluding carboxylic acids is 3. The Hall–Kier alpha value is -4.28. The number of nitrogens with zero attached hydrogens (tertiary/aromatic N) is 1. The highest BCUT2D eigenvalue weighted by Crippen LogP contribution is 2.34. The number of hydrogen-bond donors (Lipinski definition) is 7. The first-order valence-electron chi connectivity index (χ1n) is 10.6. The lowest BCUT2D eigenvalue weighted by Gasteiger charge is -2.12. The monoisotopic (exact) mass is 556 g/mol. The van der Waals surface area contributed by atoms with Gasteiger partial charge in [-0.2, -0.15) is 17.5 Å². The second-order valence-electron chi connectivity index (χ2n) is 7.60. The van der Waals surface area contributed by atoms with Crippen molar-refractivity contribution in [2.45, 2.75) is 18.9 Å². The zero-order valence-electron chi connectivity index (χ0n) is 19.1. The second kappa shape index (κ2) is 11.8. The Labute approximate surface area is 215 Å². The standard InChI is InChI=1S/C22H20F4N6O5S/c23-13-6-3-11(22(24,25)26)9-14(13)30-21(37)29-12-4-1-10(2-5-12)17-16(18(27)35)19(32-38-17)31-20(36)28-8-7-15(33)34/h1-6,9,15,33-34H,7-8H2,(H2,27,35)(H2,29,30,37)(H2,28,31,32,36). The molecule has 0 radical (unpaired) electrons. The van der Waals surface area contributed by atoms with Gasteiger partial charge in [-0.3, -0.25) is 10.1 Å². The van der Waals surface area contributed by atoms with Gasteiger partial charge in [0.2, 0.25) is 0 Å². The van der Waals surface area contributed by atoms with E-state index in [1.54, 1.807) is 0 Å². The van der Waals surface area contributed by atoms with E-state index in [2.05, 4.69) is 20.3 Å². The summed E-state index contributed by atoms with van der Waals surface area (Å²) in [6.07, 6.45) is -6.45. The summed E-state index contributed by atoms with van der Waals surface area (Å²) in [7, 11) is 0. The van der Waals surface area contributed by atoms with Crippen LogP contribution in [0.1, 0.15) is 22.3 Å². The van der Waals surface area contributed by atoms with E-state index in [4.69, 9.17) is 15.9 Å². The van der Waals surface area contributed by atoms with E-state index >= 15 is 0 Å². The number of aliphatic hydroxyl groups is 2. The van der Waals surface area contributed by atoms with Crippen molar-refractivity contribution in [2.75, 3.05) is 22.5 Å². The summed E-state index contributed by atoms with van der Waals surface area (Å²) >= 11 is 0.848. The zero-order valence-corrected chi connectivity index (χ0v) is 19.9. The second-order valence-corrected chi connectivity index (χ2v) is 8.37. The molecule has 0 saturated carbocycles. The van der Waals surface area contributed by atoms with Crippen molar-refractivity contribution in [1.82, 2.24) is 9.69 Å². The smallest absolute Gasteiger partial charge is 0.368 e. The Balaban J connectivity index is 1.70. The molecule has 0 atom stereocenters. The first kappa shape index (κ1) is 28.3. The van der Waals surface area contributed by atoms with Gasteiger partial charge in [-0.25, -0.2) is 14.0 Å². The lowest BCUT2D eigenvalue weighted by molar-refractivity contribution is -0.137. The molecule has 0 aliphatic heterocycles. The lowest BCUT2D eigenvalue weighted by Crippen LogP contribution is -2.32. The number of aromatic nitrogens is 1. The lowest BCUT2D eigenvalue weighted by atomic mass is 10.1. The van der Waals surface area contributed by atoms with Gasteiger partial charge in [0.05, 0.1) is 16.1 Å². The normalized spacial score (nSPS) is 11.2. The van der Waals surface area contributed by atoms with E-state index in [1.165, 1.54) is 24.3 Å². The number of anilines is 3. The number of halogens is 4. The average Bonchev–Trinajstić information content (AvgIpc) is 3.23. The maximum Gasteiger partial charge on any atom is 0.416 e. The molecule has 0 aliphatic rings. The Morgan fingerprint density at radius 3 is 2.29 bits per heavy atom. The Kier molecular flexibility index (Phi) is 8.82. The van der Waals surface area contributed by atoms with Crippen molar-refractivity contribution in [3.05, 3.63) is 59.4 Å². The van der Waals surface area contributed by atoms with Gasteiger partial charge in [0.15, 0.2) is 12.1 Å². The number of benzene rings is 2. The summed E-state index contributed by atoms with van der Waals surface area (Å²) < 4.78 is 56.5. The molecular formula is C22H20F4N6O5S. The first-order chi connectivity index (χ1) is 17.8. The van der Waals surface area contributed by atoms with Crippen molar-refractivity contribution in [3.63, 3.8) is 0 Å². The summed E-state index contributed by atoms with van der Waals surface area (Å²) in [6.45, 7) is -0.0607. The van der Waals surface area contributed by atoms with Gasteiger partial charge >= 0.3 is 18.2 Å². The predicted octanol–water partition coefficient (Wildman–Crippen LogP) is 3.53. The van der Waals surface area contributed by atoms with E-state index in [-0.39, 0.29) is 30.0 Å². The molecule has 3 rings (SSSR count). The van der Waals surface area contributed by atoms with Crippen LogP contribution in [0.5, 0.6) is 0 Å². The van der Waals surface area contributed by atoms with E-state index in [9.17, 15) is 31.9 Å². The Morgan fingerprint density at radius 1 is 1.00 bits per heavy atom. The fraction of sp³-hybridized carbons (Fsp3) is 0.182. The number of primary amides is 1. The quantitative estimate of drug-likeness (QED) is 0.165. The van der Waals surface area contributed by atoms with Crippen LogP contribution in [-0.2, 0) is 6.18 Å². The van der Waals surface area contributed by atoms with Gasteiger partial charge in [0.25, 0.3) is 5.91 Å². The number of nitrogens with one attached hydrogen (secondary N) is 4. The number of amides is 5. The van der Waals surface area contributed by atoms with Crippen molar-refractivity contribution >= 4 is 46.7 Å². The molecule has 38 heavy (non-hydrogen) atoms. The minimum Gasteiger partial charge on any atom is -0.368 e. The van der Waals surface area contributed by atoms with E-state index < -0.39 is 47.5 Å². The molecule has 0 spiro atoms. The molecule has 0 bridgehead atoms. The minimum atomic E-state index is -4.72. The van der Waals surface area contributed by atoms with E-state index in [0.717, 1.165) is 11.5 Å². The number of hydrogen-bond acceptors (Lipinski definition) is 7. The fourth-order valence-corrected chi connectivity index (χ4v) is 3.90. The highest BCUT2D eigenvalue weighted by atomic mass is 32.1. The summed E-state index contributed by atoms with van der Waals surface area (Å²) in [5.41, 5.74) is 4.18. The highest BCUT2D eigenvalue weighted by Gasteiger charge is 2.31. The molecule has 202 valence electrons. The fourth-order valence-electron chi connectivity index (χ4n) is 3.05. The Bertz CT molecular complexity index is 1330. The zero-order chi connectivity index (χ0) is 28.0. The molecule has 0 unspecified atom stereocenters. The SMILES string of the molecule is NC(=O)c1c(NC(=O)NCCC(O)O)nsc1-c1ccc(NC(=O)Nc2cc(C(F)(F)F)ccc2F)cc1. The van der Waals surface area contributed by atoms with Crippen LogP contribution in [0.4, 0.5) is 44.3 Å².